The van der Waals surface area contributed by atoms with Crippen molar-refractivity contribution >= 4 is 5.97 Å². The van der Waals surface area contributed by atoms with Crippen molar-refractivity contribution in [3.05, 3.63) is 29.6 Å². The molecule has 0 saturated heterocycles. The van der Waals surface area contributed by atoms with Crippen LogP contribution in [0.25, 0.3) is 0 Å². The standard InChI is InChI=1S/C14H21NO3/c1-11(2)5-4-8-18-10-13-7-6-12(9-15-13)14(16)17-3/h6-7,9,11H,4-5,8,10H2,1-3H3. The Morgan fingerprint density at radius 3 is 2.72 bits per heavy atom. The highest BCUT2D eigenvalue weighted by Gasteiger charge is 2.05. The molecule has 1 heterocycles. The Hall–Kier alpha value is -1.42. The lowest BCUT2D eigenvalue weighted by Crippen LogP contribution is -2.04. The summed E-state index contributed by atoms with van der Waals surface area (Å²) in [6.07, 6.45) is 3.76. The summed E-state index contributed by atoms with van der Waals surface area (Å²) >= 11 is 0. The summed E-state index contributed by atoms with van der Waals surface area (Å²) in [7, 11) is 1.36. The molecule has 1 aromatic heterocycles. The first kappa shape index (κ1) is 14.6. The minimum Gasteiger partial charge on any atom is -0.465 e. The molecule has 0 radical (unpaired) electrons. The second-order valence-electron chi connectivity index (χ2n) is 4.62. The Kier molecular flexibility index (Phi) is 6.36. The van der Waals surface area contributed by atoms with Crippen molar-refractivity contribution in [2.24, 2.45) is 5.92 Å². The van der Waals surface area contributed by atoms with Crippen LogP contribution in [-0.4, -0.2) is 24.7 Å². The molecule has 0 atom stereocenters. The zero-order valence-electron chi connectivity index (χ0n) is 11.3. The third kappa shape index (κ3) is 5.27. The number of nitrogens with zero attached hydrogens (tertiary/aromatic N) is 1. The molecule has 0 amide bonds. The van der Waals surface area contributed by atoms with E-state index in [0.717, 1.165) is 18.7 Å². The SMILES string of the molecule is COC(=O)c1ccc(COCCCC(C)C)nc1. The molecule has 1 rings (SSSR count). The van der Waals surface area contributed by atoms with Crippen molar-refractivity contribution < 1.29 is 14.3 Å². The van der Waals surface area contributed by atoms with Gasteiger partial charge in [0, 0.05) is 12.8 Å². The number of hydrogen-bond donors (Lipinski definition) is 0. The lowest BCUT2D eigenvalue weighted by molar-refractivity contribution is 0.0600. The van der Waals surface area contributed by atoms with Crippen molar-refractivity contribution in [2.45, 2.75) is 33.3 Å². The van der Waals surface area contributed by atoms with Crippen molar-refractivity contribution in [3.63, 3.8) is 0 Å². The maximum Gasteiger partial charge on any atom is 0.339 e. The van der Waals surface area contributed by atoms with Crippen molar-refractivity contribution in [3.8, 4) is 0 Å². The number of carbonyl (C=O) groups is 1. The van der Waals surface area contributed by atoms with E-state index >= 15 is 0 Å². The molecule has 0 aliphatic rings. The van der Waals surface area contributed by atoms with Crippen LogP contribution in [0.5, 0.6) is 0 Å². The van der Waals surface area contributed by atoms with Gasteiger partial charge in [0.25, 0.3) is 0 Å². The van der Waals surface area contributed by atoms with E-state index in [0.29, 0.717) is 18.1 Å². The normalized spacial score (nSPS) is 10.7. The van der Waals surface area contributed by atoms with E-state index in [1.165, 1.54) is 19.7 Å². The van der Waals surface area contributed by atoms with Gasteiger partial charge in [-0.15, -0.1) is 0 Å². The van der Waals surface area contributed by atoms with Crippen LogP contribution in [0.2, 0.25) is 0 Å². The van der Waals surface area contributed by atoms with Crippen LogP contribution in [0.1, 0.15) is 42.7 Å². The number of methoxy groups -OCH3 is 1. The van der Waals surface area contributed by atoms with Crippen LogP contribution in [-0.2, 0) is 16.1 Å². The molecular weight excluding hydrogens is 230 g/mol. The van der Waals surface area contributed by atoms with Gasteiger partial charge in [0.2, 0.25) is 0 Å². The number of carbonyl (C=O) groups excluding carboxylic acids is 1. The number of rotatable bonds is 7. The van der Waals surface area contributed by atoms with Gasteiger partial charge in [0.05, 0.1) is 25.0 Å². The highest BCUT2D eigenvalue weighted by atomic mass is 16.5. The second-order valence-corrected chi connectivity index (χ2v) is 4.62. The molecular formula is C14H21NO3. The Balaban J connectivity index is 2.29. The predicted octanol–water partition coefficient (Wildman–Crippen LogP) is 2.82. The Morgan fingerprint density at radius 2 is 2.17 bits per heavy atom. The van der Waals surface area contributed by atoms with Crippen LogP contribution >= 0.6 is 0 Å². The van der Waals surface area contributed by atoms with E-state index in [2.05, 4.69) is 23.6 Å². The molecule has 4 nitrogen and oxygen atoms in total. The molecule has 0 unspecified atom stereocenters. The van der Waals surface area contributed by atoms with Gasteiger partial charge in [-0.1, -0.05) is 13.8 Å². The predicted molar refractivity (Wildman–Crippen MR) is 69.3 cm³/mol. The molecule has 4 heteroatoms. The average Bonchev–Trinajstić information content (AvgIpc) is 2.38. The lowest BCUT2D eigenvalue weighted by atomic mass is 10.1. The van der Waals surface area contributed by atoms with Gasteiger partial charge in [-0.25, -0.2) is 4.79 Å². The van der Waals surface area contributed by atoms with Crippen molar-refractivity contribution in [1.82, 2.24) is 4.98 Å². The molecule has 1 aromatic rings. The van der Waals surface area contributed by atoms with E-state index in [1.54, 1.807) is 12.1 Å². The van der Waals surface area contributed by atoms with Crippen LogP contribution in [0.4, 0.5) is 0 Å². The summed E-state index contributed by atoms with van der Waals surface area (Å²) in [4.78, 5) is 15.3. The molecule has 100 valence electrons. The molecule has 0 bridgehead atoms. The fourth-order valence-corrected chi connectivity index (χ4v) is 1.52. The summed E-state index contributed by atoms with van der Waals surface area (Å²) < 4.78 is 10.1. The molecule has 0 N–H and O–H groups in total. The Morgan fingerprint density at radius 1 is 1.39 bits per heavy atom. The van der Waals surface area contributed by atoms with E-state index in [-0.39, 0.29) is 5.97 Å². The van der Waals surface area contributed by atoms with E-state index in [4.69, 9.17) is 4.74 Å². The van der Waals surface area contributed by atoms with Gasteiger partial charge < -0.3 is 9.47 Å². The topological polar surface area (TPSA) is 48.4 Å². The van der Waals surface area contributed by atoms with Crippen molar-refractivity contribution in [1.29, 1.82) is 0 Å². The lowest BCUT2D eigenvalue weighted by Gasteiger charge is -2.06. The van der Waals surface area contributed by atoms with Crippen LogP contribution in [0.3, 0.4) is 0 Å². The van der Waals surface area contributed by atoms with E-state index < -0.39 is 0 Å². The minimum atomic E-state index is -0.369. The number of pyridine rings is 1. The van der Waals surface area contributed by atoms with Crippen LogP contribution < -0.4 is 0 Å². The highest BCUT2D eigenvalue weighted by molar-refractivity contribution is 5.88. The van der Waals surface area contributed by atoms with E-state index in [9.17, 15) is 4.79 Å². The molecule has 0 aliphatic carbocycles. The summed E-state index contributed by atoms with van der Waals surface area (Å²) in [5.41, 5.74) is 1.29. The van der Waals surface area contributed by atoms with Gasteiger partial charge in [0.15, 0.2) is 0 Å². The fourth-order valence-electron chi connectivity index (χ4n) is 1.52. The first-order valence-corrected chi connectivity index (χ1v) is 6.24. The number of aromatic nitrogens is 1. The van der Waals surface area contributed by atoms with Crippen LogP contribution in [0, 0.1) is 5.92 Å². The fraction of sp³-hybridized carbons (Fsp3) is 0.571. The smallest absolute Gasteiger partial charge is 0.339 e. The highest BCUT2D eigenvalue weighted by Crippen LogP contribution is 2.06. The quantitative estimate of drug-likeness (QED) is 0.552. The molecule has 0 spiro atoms. The van der Waals surface area contributed by atoms with Crippen molar-refractivity contribution in [2.75, 3.05) is 13.7 Å². The zero-order valence-corrected chi connectivity index (χ0v) is 11.3. The summed E-state index contributed by atoms with van der Waals surface area (Å²) in [5, 5.41) is 0. The third-order valence-electron chi connectivity index (χ3n) is 2.57. The molecule has 0 aromatic carbocycles. The first-order chi connectivity index (χ1) is 8.63. The van der Waals surface area contributed by atoms with Gasteiger partial charge in [-0.05, 0) is 30.9 Å². The van der Waals surface area contributed by atoms with Gasteiger partial charge in [-0.2, -0.15) is 0 Å². The molecule has 0 aliphatic heterocycles. The largest absolute Gasteiger partial charge is 0.465 e. The summed E-state index contributed by atoms with van der Waals surface area (Å²) in [6, 6.07) is 3.49. The number of esters is 1. The van der Waals surface area contributed by atoms with Crippen LogP contribution in [0.15, 0.2) is 18.3 Å². The molecule has 18 heavy (non-hydrogen) atoms. The average molecular weight is 251 g/mol. The third-order valence-corrected chi connectivity index (χ3v) is 2.57. The van der Waals surface area contributed by atoms with Gasteiger partial charge >= 0.3 is 5.97 Å². The Labute approximate surface area is 108 Å². The number of ether oxygens (including phenoxy) is 2. The molecule has 0 saturated carbocycles. The summed E-state index contributed by atoms with van der Waals surface area (Å²) in [5.74, 6) is 0.345. The summed E-state index contributed by atoms with van der Waals surface area (Å²) in [6.45, 7) is 5.64. The zero-order chi connectivity index (χ0) is 13.4. The van der Waals surface area contributed by atoms with E-state index in [1.807, 2.05) is 0 Å². The number of hydrogen-bond acceptors (Lipinski definition) is 4. The maximum atomic E-state index is 11.2. The maximum absolute atomic E-state index is 11.2. The minimum absolute atomic E-state index is 0.369. The van der Waals surface area contributed by atoms with Gasteiger partial charge in [-0.3, -0.25) is 4.98 Å². The Bertz CT molecular complexity index is 360. The van der Waals surface area contributed by atoms with Gasteiger partial charge in [0.1, 0.15) is 0 Å². The second kappa shape index (κ2) is 7.82. The first-order valence-electron chi connectivity index (χ1n) is 6.24. The monoisotopic (exact) mass is 251 g/mol. The molecule has 0 fully saturated rings.